The second-order valence-electron chi connectivity index (χ2n) is 11.6. The molecule has 2 aliphatic heterocycles. The number of nitriles is 2. The third-order valence-corrected chi connectivity index (χ3v) is 7.70. The molecule has 2 aromatic carbocycles. The lowest BCUT2D eigenvalue weighted by molar-refractivity contribution is -0.130. The highest BCUT2D eigenvalue weighted by Gasteiger charge is 2.47. The molecule has 12 heteroatoms. The first-order chi connectivity index (χ1) is 20.1. The van der Waals surface area contributed by atoms with E-state index in [-0.39, 0.29) is 12.0 Å². The second kappa shape index (κ2) is 11.4. The number of hydrogen-bond donors (Lipinski definition) is 5. The van der Waals surface area contributed by atoms with Crippen LogP contribution in [0.3, 0.4) is 0 Å². The molecular weight excluding hydrogens is 554 g/mol. The number of amides is 1. The van der Waals surface area contributed by atoms with Gasteiger partial charge in [-0.25, -0.2) is 0 Å². The van der Waals surface area contributed by atoms with E-state index in [2.05, 4.69) is 59.5 Å². The number of pyridine rings is 1. The van der Waals surface area contributed by atoms with Crippen molar-refractivity contribution in [2.24, 2.45) is 11.1 Å². The molecule has 6 N–H and O–H groups in total. The molecule has 1 unspecified atom stereocenters. The smallest absolute Gasteiger partial charge is 0.247 e. The van der Waals surface area contributed by atoms with Gasteiger partial charge in [-0.3, -0.25) is 14.8 Å². The van der Waals surface area contributed by atoms with Gasteiger partial charge in [0.2, 0.25) is 5.91 Å². The highest BCUT2D eigenvalue weighted by molar-refractivity contribution is 6.31. The Kier molecular flexibility index (Phi) is 7.85. The van der Waals surface area contributed by atoms with Gasteiger partial charge in [-0.1, -0.05) is 50.6 Å². The van der Waals surface area contributed by atoms with Gasteiger partial charge in [-0.05, 0) is 29.2 Å². The van der Waals surface area contributed by atoms with E-state index in [4.69, 9.17) is 22.1 Å². The number of carbonyl (C=O) groups is 1. The summed E-state index contributed by atoms with van der Waals surface area (Å²) in [4.78, 5) is 16.9. The summed E-state index contributed by atoms with van der Waals surface area (Å²) in [5, 5.41) is 29.6. The summed E-state index contributed by atoms with van der Waals surface area (Å²) in [6.45, 7) is 7.45. The van der Waals surface area contributed by atoms with Crippen LogP contribution in [0.2, 0.25) is 5.02 Å². The Morgan fingerprint density at radius 3 is 2.67 bits per heavy atom. The van der Waals surface area contributed by atoms with Crippen molar-refractivity contribution in [1.29, 1.82) is 10.5 Å². The molecule has 0 aliphatic carbocycles. The first kappa shape index (κ1) is 29.0. The van der Waals surface area contributed by atoms with Crippen LogP contribution in [-0.2, 0) is 9.53 Å². The van der Waals surface area contributed by atoms with Gasteiger partial charge in [-0.15, -0.1) is 5.53 Å². The summed E-state index contributed by atoms with van der Waals surface area (Å²) >= 11 is 6.68. The van der Waals surface area contributed by atoms with Gasteiger partial charge in [0.1, 0.15) is 12.1 Å². The molecule has 1 fully saturated rings. The van der Waals surface area contributed by atoms with Gasteiger partial charge >= 0.3 is 0 Å². The lowest BCUT2D eigenvalue weighted by Crippen LogP contribution is -2.60. The second-order valence-corrected chi connectivity index (χ2v) is 12.0. The predicted molar refractivity (Wildman–Crippen MR) is 160 cm³/mol. The van der Waals surface area contributed by atoms with E-state index in [9.17, 15) is 15.3 Å². The van der Waals surface area contributed by atoms with Crippen LogP contribution < -0.4 is 27.3 Å². The minimum Gasteiger partial charge on any atom is -0.383 e. The minimum absolute atomic E-state index is 0.0580. The number of halogens is 1. The topological polar surface area (TPSA) is 164 Å². The number of aromatic nitrogens is 1. The lowest BCUT2D eigenvalue weighted by atomic mass is 9.96. The standard InChI is InChI=1S/C30H32ClN9O2/c1-29(2,3)16-36-26-19(13-33)14-35-25-18(12-32)10-20(11-22(25)26)37-27(21-6-4-5-7-23(21)31)24-15-40(39-38-24)30(28(34)41)8-9-42-17-30/h4-7,10-11,14-15,27,37-39H,8-9,16-17H2,1-3H3,(H2,34,41)(H,35,36)/t27-,30?/m0/s1. The summed E-state index contributed by atoms with van der Waals surface area (Å²) in [5.74, 6) is -0.502. The summed E-state index contributed by atoms with van der Waals surface area (Å²) in [7, 11) is 0. The molecule has 216 valence electrons. The van der Waals surface area contributed by atoms with Crippen molar-refractivity contribution >= 4 is 39.8 Å². The van der Waals surface area contributed by atoms with Gasteiger partial charge in [0.15, 0.2) is 5.54 Å². The van der Waals surface area contributed by atoms with Gasteiger partial charge in [0, 0.05) is 48.1 Å². The molecule has 0 spiro atoms. The van der Waals surface area contributed by atoms with Crippen LogP contribution in [0.15, 0.2) is 54.5 Å². The minimum atomic E-state index is -1.05. The number of carbonyl (C=O) groups excluding carboxylic acids is 1. The van der Waals surface area contributed by atoms with Gasteiger partial charge in [0.05, 0.1) is 40.7 Å². The lowest BCUT2D eigenvalue weighted by Gasteiger charge is -2.33. The number of nitrogens with zero attached hydrogens (tertiary/aromatic N) is 4. The molecule has 1 aromatic heterocycles. The molecule has 42 heavy (non-hydrogen) atoms. The number of hydrogen-bond acceptors (Lipinski definition) is 10. The quantitative estimate of drug-likeness (QED) is 0.260. The van der Waals surface area contributed by atoms with Crippen LogP contribution in [0.5, 0.6) is 0 Å². The van der Waals surface area contributed by atoms with Crippen molar-refractivity contribution < 1.29 is 9.53 Å². The molecule has 1 saturated heterocycles. The zero-order valence-electron chi connectivity index (χ0n) is 23.6. The fraction of sp³-hybridized carbons (Fsp3) is 0.333. The molecule has 5 rings (SSSR count). The van der Waals surface area contributed by atoms with Crippen LogP contribution in [0.25, 0.3) is 10.9 Å². The fourth-order valence-electron chi connectivity index (χ4n) is 5.06. The summed E-state index contributed by atoms with van der Waals surface area (Å²) in [6.07, 6.45) is 3.70. The van der Waals surface area contributed by atoms with Crippen LogP contribution in [-0.4, -0.2) is 41.2 Å². The maximum absolute atomic E-state index is 12.5. The van der Waals surface area contributed by atoms with Gasteiger partial charge in [0.25, 0.3) is 0 Å². The Balaban J connectivity index is 1.60. The molecule has 3 heterocycles. The molecule has 11 nitrogen and oxygen atoms in total. The fourth-order valence-corrected chi connectivity index (χ4v) is 5.31. The van der Waals surface area contributed by atoms with E-state index in [0.29, 0.717) is 63.7 Å². The number of fused-ring (bicyclic) bond motifs is 1. The number of nitrogens with one attached hydrogen (secondary N) is 4. The van der Waals surface area contributed by atoms with Crippen molar-refractivity contribution in [1.82, 2.24) is 21.0 Å². The summed E-state index contributed by atoms with van der Waals surface area (Å²) in [6, 6.07) is 14.9. The van der Waals surface area contributed by atoms with Crippen LogP contribution in [0, 0.1) is 28.1 Å². The predicted octanol–water partition coefficient (Wildman–Crippen LogP) is 4.05. The van der Waals surface area contributed by atoms with E-state index in [1.807, 2.05) is 24.3 Å². The molecule has 3 aromatic rings. The largest absolute Gasteiger partial charge is 0.383 e. The first-order valence-electron chi connectivity index (χ1n) is 13.5. The average Bonchev–Trinajstić information content (AvgIpc) is 3.65. The molecule has 2 atom stereocenters. The zero-order chi connectivity index (χ0) is 30.1. The SMILES string of the molecule is CC(C)(C)CNc1c(C#N)cnc2c(C#N)cc(N[C@H](C3=CN(C4(C(N)=O)CCOC4)NN3)c3ccccc3Cl)cc12. The monoisotopic (exact) mass is 585 g/mol. The Labute approximate surface area is 249 Å². The van der Waals surface area contributed by atoms with Crippen molar-refractivity contribution in [2.45, 2.75) is 38.8 Å². The van der Waals surface area contributed by atoms with E-state index in [1.165, 1.54) is 6.20 Å². The Hall–Kier alpha value is -4.55. The van der Waals surface area contributed by atoms with Gasteiger partial charge < -0.3 is 26.5 Å². The number of anilines is 2. The molecule has 0 bridgehead atoms. The zero-order valence-corrected chi connectivity index (χ0v) is 24.3. The Morgan fingerprint density at radius 2 is 2.02 bits per heavy atom. The third-order valence-electron chi connectivity index (χ3n) is 7.36. The van der Waals surface area contributed by atoms with Crippen molar-refractivity contribution in [2.75, 3.05) is 30.4 Å². The highest BCUT2D eigenvalue weighted by atomic mass is 35.5. The normalized spacial score (nSPS) is 19.0. The Morgan fingerprint density at radius 1 is 1.26 bits per heavy atom. The van der Waals surface area contributed by atoms with Crippen LogP contribution in [0.1, 0.15) is 49.9 Å². The van der Waals surface area contributed by atoms with E-state index < -0.39 is 17.5 Å². The highest BCUT2D eigenvalue weighted by Crippen LogP contribution is 2.37. The molecule has 0 radical (unpaired) electrons. The average molecular weight is 586 g/mol. The number of rotatable bonds is 8. The van der Waals surface area contributed by atoms with Gasteiger partial charge in [-0.2, -0.15) is 10.5 Å². The molecular formula is C30H32ClN9O2. The molecule has 0 saturated carbocycles. The molecule has 1 amide bonds. The number of ether oxygens (including phenoxy) is 1. The Bertz CT molecular complexity index is 1650. The number of primary amides is 1. The van der Waals surface area contributed by atoms with Crippen LogP contribution >= 0.6 is 11.6 Å². The maximum Gasteiger partial charge on any atom is 0.247 e. The number of hydrazine groups is 2. The summed E-state index contributed by atoms with van der Waals surface area (Å²) < 4.78 is 5.52. The maximum atomic E-state index is 12.5. The summed E-state index contributed by atoms with van der Waals surface area (Å²) in [5.41, 5.74) is 14.8. The van der Waals surface area contributed by atoms with Crippen molar-refractivity contribution in [3.63, 3.8) is 0 Å². The van der Waals surface area contributed by atoms with E-state index >= 15 is 0 Å². The third kappa shape index (κ3) is 5.50. The van der Waals surface area contributed by atoms with Crippen molar-refractivity contribution in [3.8, 4) is 12.1 Å². The molecule has 2 aliphatic rings. The van der Waals surface area contributed by atoms with E-state index in [1.54, 1.807) is 23.3 Å². The van der Waals surface area contributed by atoms with Crippen LogP contribution in [0.4, 0.5) is 11.4 Å². The van der Waals surface area contributed by atoms with Crippen molar-refractivity contribution in [3.05, 3.63) is 76.2 Å². The number of nitrogens with two attached hydrogens (primary N) is 1. The number of benzene rings is 2. The first-order valence-corrected chi connectivity index (χ1v) is 13.9. The van der Waals surface area contributed by atoms with E-state index in [0.717, 1.165) is 5.56 Å².